The van der Waals surface area contributed by atoms with Crippen molar-refractivity contribution in [1.29, 1.82) is 0 Å². The monoisotopic (exact) mass is 702 g/mol. The third kappa shape index (κ3) is 4.98. The molecule has 0 saturated carbocycles. The Balaban J connectivity index is 1.17. The van der Waals surface area contributed by atoms with Crippen LogP contribution in [0.3, 0.4) is 0 Å². The van der Waals surface area contributed by atoms with Crippen molar-refractivity contribution in [3.8, 4) is 0 Å². The quantitative estimate of drug-likeness (QED) is 0.170. The number of hydrogen-bond donors (Lipinski definition) is 0. The number of benzene rings is 8. The van der Waals surface area contributed by atoms with Crippen molar-refractivity contribution in [2.24, 2.45) is 0 Å². The predicted molar refractivity (Wildman–Crippen MR) is 229 cm³/mol. The molecule has 0 radical (unpaired) electrons. The second kappa shape index (κ2) is 12.4. The molecule has 0 bridgehead atoms. The Morgan fingerprint density at radius 3 is 1.21 bits per heavy atom. The van der Waals surface area contributed by atoms with Gasteiger partial charge < -0.3 is 9.80 Å². The molecule has 0 atom stereocenters. The zero-order valence-electron chi connectivity index (χ0n) is 28.9. The first-order valence-electron chi connectivity index (χ1n) is 17.7. The van der Waals surface area contributed by atoms with Crippen LogP contribution in [0.1, 0.15) is 11.1 Å². The second-order valence-corrected chi connectivity index (χ2v) is 15.6. The highest BCUT2D eigenvalue weighted by molar-refractivity contribution is 7.27. The Morgan fingerprint density at radius 1 is 0.346 bits per heavy atom. The summed E-state index contributed by atoms with van der Waals surface area (Å²) < 4.78 is 5.23. The molecule has 0 unspecified atom stereocenters. The molecule has 2 heterocycles. The summed E-state index contributed by atoms with van der Waals surface area (Å²) in [5.41, 5.74) is 9.52. The molecule has 0 fully saturated rings. The molecule has 52 heavy (non-hydrogen) atoms. The Labute approximate surface area is 311 Å². The summed E-state index contributed by atoms with van der Waals surface area (Å²) >= 11 is 3.78. The van der Waals surface area contributed by atoms with Gasteiger partial charge in [-0.15, -0.1) is 22.7 Å². The summed E-state index contributed by atoms with van der Waals surface area (Å²) in [7, 11) is 0. The van der Waals surface area contributed by atoms with Gasteiger partial charge in [-0.25, -0.2) is 0 Å². The number of thiophene rings is 2. The molecule has 0 aliphatic heterocycles. The zero-order valence-corrected chi connectivity index (χ0v) is 30.5. The third-order valence-electron chi connectivity index (χ3n) is 10.3. The molecule has 10 rings (SSSR count). The Hall–Kier alpha value is -5.94. The highest BCUT2D eigenvalue weighted by atomic mass is 32.1. The molecular weight excluding hydrogens is 669 g/mol. The number of aryl methyl sites for hydroxylation is 2. The molecular formula is C48H34N2S2. The predicted octanol–water partition coefficient (Wildman–Crippen LogP) is 15.1. The van der Waals surface area contributed by atoms with E-state index in [1.165, 1.54) is 85.0 Å². The van der Waals surface area contributed by atoms with Crippen LogP contribution in [0.25, 0.3) is 51.1 Å². The fraction of sp³-hybridized carbons (Fsp3) is 0.0417. The SMILES string of the molecule is Cc1ccccc1N(c1ccccc1)c1ccc2c(c1)sc1ccc3ccc4sc5cc(N(c6ccccc6)c6ccccc6C)ccc5c4c3c12. The molecule has 248 valence electrons. The average molecular weight is 703 g/mol. The van der Waals surface area contributed by atoms with E-state index >= 15 is 0 Å². The van der Waals surface area contributed by atoms with Gasteiger partial charge in [0.25, 0.3) is 0 Å². The first kappa shape index (κ1) is 30.8. The van der Waals surface area contributed by atoms with E-state index in [0.29, 0.717) is 0 Å². The van der Waals surface area contributed by atoms with Gasteiger partial charge in [0, 0.05) is 79.9 Å². The van der Waals surface area contributed by atoms with E-state index in [-0.39, 0.29) is 0 Å². The van der Waals surface area contributed by atoms with Crippen LogP contribution in [-0.2, 0) is 0 Å². The van der Waals surface area contributed by atoms with Crippen LogP contribution in [0.2, 0.25) is 0 Å². The molecule has 0 amide bonds. The van der Waals surface area contributed by atoms with E-state index in [1.807, 2.05) is 22.7 Å². The van der Waals surface area contributed by atoms with E-state index < -0.39 is 0 Å². The van der Waals surface area contributed by atoms with Gasteiger partial charge in [-0.1, -0.05) is 97.1 Å². The largest absolute Gasteiger partial charge is 0.310 e. The minimum Gasteiger partial charge on any atom is -0.310 e. The summed E-state index contributed by atoms with van der Waals surface area (Å²) in [5, 5.41) is 7.96. The fourth-order valence-corrected chi connectivity index (χ4v) is 10.1. The maximum atomic E-state index is 2.38. The van der Waals surface area contributed by atoms with Gasteiger partial charge in [0.1, 0.15) is 0 Å². The van der Waals surface area contributed by atoms with Crippen LogP contribution >= 0.6 is 22.7 Å². The van der Waals surface area contributed by atoms with Gasteiger partial charge in [-0.2, -0.15) is 0 Å². The standard InChI is InChI=1S/C48H34N2S2/c1-31-13-9-11-19-40(31)49(34-15-5-3-6-16-34)36-23-25-38-44(29-36)51-42-27-21-33-22-28-43-48(46(33)47(38)42)39-26-24-37(30-45(39)52-43)50(35-17-7-4-8-18-35)41-20-12-10-14-32(41)2/h3-30H,1-2H3. The zero-order chi connectivity index (χ0) is 34.8. The van der Waals surface area contributed by atoms with Crippen molar-refractivity contribution in [3.05, 3.63) is 181 Å². The molecule has 0 aliphatic carbocycles. The molecule has 2 nitrogen and oxygen atoms in total. The maximum absolute atomic E-state index is 2.38. The summed E-state index contributed by atoms with van der Waals surface area (Å²) in [6.07, 6.45) is 0. The normalized spacial score (nSPS) is 11.7. The smallest absolute Gasteiger partial charge is 0.0490 e. The highest BCUT2D eigenvalue weighted by Crippen LogP contribution is 2.48. The second-order valence-electron chi connectivity index (χ2n) is 13.5. The molecule has 0 spiro atoms. The van der Waals surface area contributed by atoms with Crippen LogP contribution in [0.5, 0.6) is 0 Å². The topological polar surface area (TPSA) is 6.48 Å². The Bertz CT molecular complexity index is 2740. The van der Waals surface area contributed by atoms with Gasteiger partial charge in [0.2, 0.25) is 0 Å². The molecule has 4 heteroatoms. The summed E-state index contributed by atoms with van der Waals surface area (Å²) in [5.74, 6) is 0. The van der Waals surface area contributed by atoms with E-state index in [4.69, 9.17) is 0 Å². The molecule has 8 aromatic carbocycles. The van der Waals surface area contributed by atoms with Gasteiger partial charge >= 0.3 is 0 Å². The number of anilines is 6. The van der Waals surface area contributed by atoms with Crippen LogP contribution in [0.4, 0.5) is 34.1 Å². The van der Waals surface area contributed by atoms with Crippen LogP contribution in [0.15, 0.2) is 170 Å². The van der Waals surface area contributed by atoms with Crippen molar-refractivity contribution in [2.45, 2.75) is 13.8 Å². The molecule has 0 saturated heterocycles. The number of para-hydroxylation sites is 4. The summed E-state index contributed by atoms with van der Waals surface area (Å²) in [4.78, 5) is 4.77. The van der Waals surface area contributed by atoms with E-state index in [2.05, 4.69) is 194 Å². The van der Waals surface area contributed by atoms with Crippen LogP contribution in [-0.4, -0.2) is 0 Å². The lowest BCUT2D eigenvalue weighted by atomic mass is 9.98. The minimum atomic E-state index is 1.15. The maximum Gasteiger partial charge on any atom is 0.0490 e. The van der Waals surface area contributed by atoms with Crippen molar-refractivity contribution < 1.29 is 0 Å². The Kier molecular flexibility index (Phi) is 7.34. The van der Waals surface area contributed by atoms with E-state index in [1.54, 1.807) is 0 Å². The summed E-state index contributed by atoms with van der Waals surface area (Å²) in [6, 6.07) is 62.0. The van der Waals surface area contributed by atoms with Crippen molar-refractivity contribution in [2.75, 3.05) is 9.80 Å². The number of fused-ring (bicyclic) bond motifs is 9. The van der Waals surface area contributed by atoms with Gasteiger partial charge in [0.05, 0.1) is 0 Å². The van der Waals surface area contributed by atoms with Crippen LogP contribution in [0, 0.1) is 13.8 Å². The minimum absolute atomic E-state index is 1.15. The lowest BCUT2D eigenvalue weighted by molar-refractivity contribution is 1.26. The first-order chi connectivity index (χ1) is 25.6. The molecule has 0 N–H and O–H groups in total. The number of rotatable bonds is 6. The van der Waals surface area contributed by atoms with Gasteiger partial charge in [-0.05, 0) is 103 Å². The van der Waals surface area contributed by atoms with Crippen LogP contribution < -0.4 is 9.80 Å². The average Bonchev–Trinajstić information content (AvgIpc) is 3.75. The highest BCUT2D eigenvalue weighted by Gasteiger charge is 2.20. The third-order valence-corrected chi connectivity index (χ3v) is 12.5. The van der Waals surface area contributed by atoms with Crippen molar-refractivity contribution in [3.63, 3.8) is 0 Å². The molecule has 10 aromatic rings. The lowest BCUT2D eigenvalue weighted by Gasteiger charge is -2.27. The number of hydrogen-bond acceptors (Lipinski definition) is 4. The van der Waals surface area contributed by atoms with Crippen molar-refractivity contribution >= 4 is 108 Å². The summed E-state index contributed by atoms with van der Waals surface area (Å²) in [6.45, 7) is 4.38. The van der Waals surface area contributed by atoms with Gasteiger partial charge in [-0.3, -0.25) is 0 Å². The van der Waals surface area contributed by atoms with E-state index in [0.717, 1.165) is 11.4 Å². The first-order valence-corrected chi connectivity index (χ1v) is 19.3. The fourth-order valence-electron chi connectivity index (χ4n) is 7.84. The van der Waals surface area contributed by atoms with Crippen molar-refractivity contribution in [1.82, 2.24) is 0 Å². The van der Waals surface area contributed by atoms with E-state index in [9.17, 15) is 0 Å². The number of nitrogens with zero attached hydrogens (tertiary/aromatic N) is 2. The van der Waals surface area contributed by atoms with Gasteiger partial charge in [0.15, 0.2) is 0 Å². The Morgan fingerprint density at radius 2 is 0.769 bits per heavy atom. The molecule has 0 aliphatic rings. The molecule has 2 aromatic heterocycles. The lowest BCUT2D eigenvalue weighted by Crippen LogP contribution is -2.10.